The number of piperidine rings is 1. The summed E-state index contributed by atoms with van der Waals surface area (Å²) in [5.41, 5.74) is 2.30. The first-order valence-electron chi connectivity index (χ1n) is 8.16. The third-order valence-electron chi connectivity index (χ3n) is 4.84. The maximum absolute atomic E-state index is 13.1. The first-order valence-corrected chi connectivity index (χ1v) is 8.16. The van der Waals surface area contributed by atoms with E-state index >= 15 is 0 Å². The number of carbonyl (C=O) groups is 1. The summed E-state index contributed by atoms with van der Waals surface area (Å²) in [6.07, 6.45) is 4.45. The molecule has 1 amide bonds. The van der Waals surface area contributed by atoms with Crippen molar-refractivity contribution in [1.29, 1.82) is 0 Å². The smallest absolute Gasteiger partial charge is 0.230 e. The standard InChI is InChI=1S/C18H26N2O/c1-14-4-6-15(7-5-14)12-20(16-8-9-16)17(21)18(2)10-3-11-19-13-18/h4-7,16,19H,3,8-13H2,1-2H3. The monoisotopic (exact) mass is 286 g/mol. The molecule has 0 spiro atoms. The molecule has 1 atom stereocenters. The van der Waals surface area contributed by atoms with Crippen LogP contribution in [-0.2, 0) is 11.3 Å². The Bertz CT molecular complexity index is 498. The second-order valence-corrected chi connectivity index (χ2v) is 6.99. The van der Waals surface area contributed by atoms with Gasteiger partial charge in [-0.25, -0.2) is 0 Å². The van der Waals surface area contributed by atoms with Gasteiger partial charge in [-0.15, -0.1) is 0 Å². The molecule has 1 aromatic rings. The van der Waals surface area contributed by atoms with Crippen LogP contribution in [0.1, 0.15) is 43.7 Å². The van der Waals surface area contributed by atoms with E-state index in [-0.39, 0.29) is 5.41 Å². The number of nitrogens with zero attached hydrogens (tertiary/aromatic N) is 1. The van der Waals surface area contributed by atoms with Gasteiger partial charge in [0.25, 0.3) is 0 Å². The summed E-state index contributed by atoms with van der Waals surface area (Å²) in [4.78, 5) is 15.2. The number of aryl methyl sites for hydroxylation is 1. The number of rotatable bonds is 4. The van der Waals surface area contributed by atoms with Gasteiger partial charge in [-0.1, -0.05) is 29.8 Å². The minimum absolute atomic E-state index is 0.217. The number of hydrogen-bond donors (Lipinski definition) is 1. The molecule has 1 heterocycles. The van der Waals surface area contributed by atoms with Gasteiger partial charge < -0.3 is 10.2 Å². The molecule has 1 N–H and O–H groups in total. The second kappa shape index (κ2) is 5.80. The van der Waals surface area contributed by atoms with E-state index in [2.05, 4.69) is 48.3 Å². The predicted molar refractivity (Wildman–Crippen MR) is 85.0 cm³/mol. The summed E-state index contributed by atoms with van der Waals surface area (Å²) in [6, 6.07) is 9.04. The zero-order valence-electron chi connectivity index (χ0n) is 13.2. The topological polar surface area (TPSA) is 32.3 Å². The lowest BCUT2D eigenvalue weighted by Gasteiger charge is -2.37. The largest absolute Gasteiger partial charge is 0.335 e. The summed E-state index contributed by atoms with van der Waals surface area (Å²) in [6.45, 7) is 6.86. The van der Waals surface area contributed by atoms with Gasteiger partial charge in [-0.2, -0.15) is 0 Å². The number of benzene rings is 1. The predicted octanol–water partition coefficient (Wildman–Crippen LogP) is 2.88. The van der Waals surface area contributed by atoms with E-state index in [0.29, 0.717) is 11.9 Å². The van der Waals surface area contributed by atoms with Gasteiger partial charge in [0.15, 0.2) is 0 Å². The van der Waals surface area contributed by atoms with E-state index in [1.165, 1.54) is 24.0 Å². The van der Waals surface area contributed by atoms with Crippen LogP contribution in [0.3, 0.4) is 0 Å². The summed E-state index contributed by atoms with van der Waals surface area (Å²) in [5, 5.41) is 3.39. The normalized spacial score (nSPS) is 25.6. The maximum Gasteiger partial charge on any atom is 0.230 e. The summed E-state index contributed by atoms with van der Waals surface area (Å²) in [5.74, 6) is 0.345. The molecule has 114 valence electrons. The zero-order chi connectivity index (χ0) is 14.9. The molecule has 1 aliphatic heterocycles. The van der Waals surface area contributed by atoms with Crippen LogP contribution in [0.2, 0.25) is 0 Å². The van der Waals surface area contributed by atoms with Crippen LogP contribution in [0.5, 0.6) is 0 Å². The first-order chi connectivity index (χ1) is 10.1. The van der Waals surface area contributed by atoms with Gasteiger partial charge in [-0.3, -0.25) is 4.79 Å². The van der Waals surface area contributed by atoms with Crippen molar-refractivity contribution in [2.75, 3.05) is 13.1 Å². The number of amides is 1. The van der Waals surface area contributed by atoms with Crippen LogP contribution in [0.25, 0.3) is 0 Å². The van der Waals surface area contributed by atoms with Gasteiger partial charge in [0.1, 0.15) is 0 Å². The maximum atomic E-state index is 13.1. The van der Waals surface area contributed by atoms with E-state index in [9.17, 15) is 4.79 Å². The van der Waals surface area contributed by atoms with E-state index < -0.39 is 0 Å². The third kappa shape index (κ3) is 3.29. The Balaban J connectivity index is 1.74. The first kappa shape index (κ1) is 14.6. The van der Waals surface area contributed by atoms with Gasteiger partial charge in [0.05, 0.1) is 5.41 Å². The molecule has 21 heavy (non-hydrogen) atoms. The molecule has 2 aliphatic rings. The van der Waals surface area contributed by atoms with Crippen LogP contribution in [0, 0.1) is 12.3 Å². The van der Waals surface area contributed by atoms with Crippen LogP contribution in [0.4, 0.5) is 0 Å². The highest BCUT2D eigenvalue weighted by Crippen LogP contribution is 2.35. The molecule has 1 saturated carbocycles. The van der Waals surface area contributed by atoms with E-state index in [1.807, 2.05) is 0 Å². The van der Waals surface area contributed by atoms with Crippen LogP contribution in [0.15, 0.2) is 24.3 Å². The highest BCUT2D eigenvalue weighted by molar-refractivity contribution is 5.83. The Labute approximate surface area is 127 Å². The third-order valence-corrected chi connectivity index (χ3v) is 4.84. The molecule has 1 unspecified atom stereocenters. The quantitative estimate of drug-likeness (QED) is 0.923. The van der Waals surface area contributed by atoms with Crippen molar-refractivity contribution < 1.29 is 4.79 Å². The van der Waals surface area contributed by atoms with Gasteiger partial charge in [0, 0.05) is 19.1 Å². The van der Waals surface area contributed by atoms with E-state index in [0.717, 1.165) is 32.5 Å². The average molecular weight is 286 g/mol. The molecule has 0 bridgehead atoms. The summed E-state index contributed by atoms with van der Waals surface area (Å²) >= 11 is 0. The van der Waals surface area contributed by atoms with Crippen molar-refractivity contribution in [3.05, 3.63) is 35.4 Å². The number of nitrogens with one attached hydrogen (secondary N) is 1. The Morgan fingerprint density at radius 1 is 1.33 bits per heavy atom. The molecular formula is C18H26N2O. The number of carbonyl (C=O) groups excluding carboxylic acids is 1. The molecule has 0 aromatic heterocycles. The lowest BCUT2D eigenvalue weighted by Crippen LogP contribution is -2.50. The Morgan fingerprint density at radius 2 is 2.05 bits per heavy atom. The minimum Gasteiger partial charge on any atom is -0.335 e. The van der Waals surface area contributed by atoms with Crippen molar-refractivity contribution in [2.24, 2.45) is 5.41 Å². The fourth-order valence-corrected chi connectivity index (χ4v) is 3.23. The molecule has 1 aromatic carbocycles. The van der Waals surface area contributed by atoms with Crippen LogP contribution >= 0.6 is 0 Å². The molecule has 3 nitrogen and oxygen atoms in total. The Kier molecular flexibility index (Phi) is 4.03. The van der Waals surface area contributed by atoms with Gasteiger partial charge in [0.2, 0.25) is 5.91 Å². The molecule has 3 rings (SSSR count). The fraction of sp³-hybridized carbons (Fsp3) is 0.611. The molecule has 2 fully saturated rings. The van der Waals surface area contributed by atoms with Gasteiger partial charge in [-0.05, 0) is 51.6 Å². The highest BCUT2D eigenvalue weighted by atomic mass is 16.2. The Hall–Kier alpha value is -1.35. The minimum atomic E-state index is -0.217. The Morgan fingerprint density at radius 3 is 2.62 bits per heavy atom. The zero-order valence-corrected chi connectivity index (χ0v) is 13.2. The number of hydrogen-bond acceptors (Lipinski definition) is 2. The molecular weight excluding hydrogens is 260 g/mol. The lowest BCUT2D eigenvalue weighted by atomic mass is 9.81. The molecule has 1 saturated heterocycles. The highest BCUT2D eigenvalue weighted by Gasteiger charge is 2.42. The molecule has 0 radical (unpaired) electrons. The summed E-state index contributed by atoms with van der Waals surface area (Å²) < 4.78 is 0. The van der Waals surface area contributed by atoms with Crippen molar-refractivity contribution in [2.45, 2.75) is 52.1 Å². The molecule has 3 heteroatoms. The second-order valence-electron chi connectivity index (χ2n) is 6.99. The summed E-state index contributed by atoms with van der Waals surface area (Å²) in [7, 11) is 0. The van der Waals surface area contributed by atoms with Gasteiger partial charge >= 0.3 is 0 Å². The van der Waals surface area contributed by atoms with Crippen molar-refractivity contribution in [3.8, 4) is 0 Å². The van der Waals surface area contributed by atoms with Crippen molar-refractivity contribution in [1.82, 2.24) is 10.2 Å². The van der Waals surface area contributed by atoms with E-state index in [4.69, 9.17) is 0 Å². The fourth-order valence-electron chi connectivity index (χ4n) is 3.23. The van der Waals surface area contributed by atoms with Crippen molar-refractivity contribution >= 4 is 5.91 Å². The average Bonchev–Trinajstić information content (AvgIpc) is 3.31. The lowest BCUT2D eigenvalue weighted by molar-refractivity contribution is -0.143. The molecule has 1 aliphatic carbocycles. The SMILES string of the molecule is Cc1ccc(CN(C(=O)C2(C)CCCNC2)C2CC2)cc1. The van der Waals surface area contributed by atoms with Crippen molar-refractivity contribution in [3.63, 3.8) is 0 Å². The van der Waals surface area contributed by atoms with Crippen LogP contribution in [-0.4, -0.2) is 29.9 Å². The van der Waals surface area contributed by atoms with Crippen LogP contribution < -0.4 is 5.32 Å². The van der Waals surface area contributed by atoms with E-state index in [1.54, 1.807) is 0 Å².